The van der Waals surface area contributed by atoms with Gasteiger partial charge in [0.1, 0.15) is 5.54 Å². The van der Waals surface area contributed by atoms with E-state index in [9.17, 15) is 9.59 Å². The van der Waals surface area contributed by atoms with E-state index in [1.807, 2.05) is 0 Å². The summed E-state index contributed by atoms with van der Waals surface area (Å²) in [6.07, 6.45) is 1.72. The number of aryl methyl sites for hydroxylation is 1. The molecule has 1 N–H and O–H groups in total. The van der Waals surface area contributed by atoms with Crippen molar-refractivity contribution in [1.82, 2.24) is 5.32 Å². The highest BCUT2D eigenvalue weighted by Gasteiger charge is 2.43. The van der Waals surface area contributed by atoms with Gasteiger partial charge in [0, 0.05) is 13.3 Å². The fourth-order valence-electron chi connectivity index (χ4n) is 4.95. The van der Waals surface area contributed by atoms with E-state index in [2.05, 4.69) is 53.8 Å². The summed E-state index contributed by atoms with van der Waals surface area (Å²) in [7, 11) is 1.38. The summed E-state index contributed by atoms with van der Waals surface area (Å²) in [6.45, 7) is 1.44. The number of hydrogen-bond acceptors (Lipinski definition) is 3. The van der Waals surface area contributed by atoms with Crippen molar-refractivity contribution in [3.63, 3.8) is 0 Å². The Bertz CT molecular complexity index is 1160. The SMILES string of the molecule is COC(=O)C1(NC(C)=O)CCc2cc3c(cc2C1)-c1cccc2cccc-3c12. The maximum atomic E-state index is 12.6. The van der Waals surface area contributed by atoms with Gasteiger partial charge in [-0.15, -0.1) is 0 Å². The van der Waals surface area contributed by atoms with Gasteiger partial charge < -0.3 is 10.1 Å². The standard InChI is InChI=1S/C24H21NO3/c1-14(26)25-24(23(27)28-2)10-9-16-11-20-18-7-3-5-15-6-4-8-19(22(15)18)21(20)12-17(16)13-24/h3-8,11-12H,9-10,13H2,1-2H3,(H,25,26). The summed E-state index contributed by atoms with van der Waals surface area (Å²) in [4.78, 5) is 24.4. The molecule has 0 fully saturated rings. The topological polar surface area (TPSA) is 55.4 Å². The molecule has 0 bridgehead atoms. The molecular formula is C24H21NO3. The molecule has 4 nitrogen and oxygen atoms in total. The van der Waals surface area contributed by atoms with Crippen molar-refractivity contribution in [3.05, 3.63) is 59.7 Å². The van der Waals surface area contributed by atoms with Crippen molar-refractivity contribution in [2.75, 3.05) is 7.11 Å². The van der Waals surface area contributed by atoms with E-state index in [-0.39, 0.29) is 11.9 Å². The first kappa shape index (κ1) is 17.0. The fourth-order valence-corrected chi connectivity index (χ4v) is 4.95. The lowest BCUT2D eigenvalue weighted by Crippen LogP contribution is -2.57. The van der Waals surface area contributed by atoms with Gasteiger partial charge in [0.05, 0.1) is 7.11 Å². The summed E-state index contributed by atoms with van der Waals surface area (Å²) in [6, 6.07) is 17.3. The van der Waals surface area contributed by atoms with Gasteiger partial charge in [0.25, 0.3) is 0 Å². The zero-order valence-electron chi connectivity index (χ0n) is 16.0. The van der Waals surface area contributed by atoms with E-state index in [0.717, 1.165) is 12.0 Å². The van der Waals surface area contributed by atoms with Crippen LogP contribution in [-0.2, 0) is 27.2 Å². The molecule has 1 atom stereocenters. The lowest BCUT2D eigenvalue weighted by atomic mass is 9.76. The lowest BCUT2D eigenvalue weighted by molar-refractivity contribution is -0.151. The molecule has 0 saturated carbocycles. The van der Waals surface area contributed by atoms with E-state index >= 15 is 0 Å². The third-order valence-electron chi connectivity index (χ3n) is 6.13. The van der Waals surface area contributed by atoms with Crippen LogP contribution in [0.1, 0.15) is 24.5 Å². The second-order valence-corrected chi connectivity index (χ2v) is 7.81. The smallest absolute Gasteiger partial charge is 0.331 e. The Morgan fingerprint density at radius 2 is 1.61 bits per heavy atom. The number of ether oxygens (including phenoxy) is 1. The van der Waals surface area contributed by atoms with Crippen LogP contribution in [0.5, 0.6) is 0 Å². The van der Waals surface area contributed by atoms with Crippen LogP contribution in [0.25, 0.3) is 33.0 Å². The molecule has 0 saturated heterocycles. The Morgan fingerprint density at radius 1 is 0.964 bits per heavy atom. The van der Waals surface area contributed by atoms with Crippen LogP contribution < -0.4 is 5.32 Å². The maximum absolute atomic E-state index is 12.6. The molecule has 140 valence electrons. The summed E-state index contributed by atoms with van der Waals surface area (Å²) in [5, 5.41) is 5.41. The van der Waals surface area contributed by atoms with Crippen molar-refractivity contribution in [2.24, 2.45) is 0 Å². The quantitative estimate of drug-likeness (QED) is 0.542. The highest BCUT2D eigenvalue weighted by atomic mass is 16.5. The average Bonchev–Trinajstić information content (AvgIpc) is 3.00. The summed E-state index contributed by atoms with van der Waals surface area (Å²) < 4.78 is 5.05. The van der Waals surface area contributed by atoms with Gasteiger partial charge in [-0.2, -0.15) is 0 Å². The number of rotatable bonds is 2. The molecule has 3 aromatic carbocycles. The second-order valence-electron chi connectivity index (χ2n) is 7.81. The molecule has 28 heavy (non-hydrogen) atoms. The minimum absolute atomic E-state index is 0.216. The average molecular weight is 371 g/mol. The Kier molecular flexibility index (Phi) is 3.60. The minimum atomic E-state index is -0.987. The number of amides is 1. The Morgan fingerprint density at radius 3 is 2.21 bits per heavy atom. The molecule has 3 aromatic rings. The highest BCUT2D eigenvalue weighted by molar-refractivity contribution is 6.15. The Labute approximate surface area is 163 Å². The first-order valence-corrected chi connectivity index (χ1v) is 9.58. The molecule has 1 unspecified atom stereocenters. The van der Waals surface area contributed by atoms with Gasteiger partial charge in [-0.1, -0.05) is 48.5 Å². The third-order valence-corrected chi connectivity index (χ3v) is 6.13. The molecule has 0 radical (unpaired) electrons. The van der Waals surface area contributed by atoms with E-state index in [1.54, 1.807) is 0 Å². The lowest BCUT2D eigenvalue weighted by Gasteiger charge is -2.36. The predicted octanol–water partition coefficient (Wildman–Crippen LogP) is 4.02. The number of carbonyl (C=O) groups excluding carboxylic acids is 2. The molecule has 5 rings (SSSR count). The maximum Gasteiger partial charge on any atom is 0.331 e. The van der Waals surface area contributed by atoms with Crippen LogP contribution in [0.3, 0.4) is 0 Å². The number of carbonyl (C=O) groups is 2. The van der Waals surface area contributed by atoms with Gasteiger partial charge in [-0.25, -0.2) is 4.79 Å². The molecule has 0 heterocycles. The highest BCUT2D eigenvalue weighted by Crippen LogP contribution is 2.49. The summed E-state index contributed by atoms with van der Waals surface area (Å²) in [5.41, 5.74) is 6.34. The molecule has 2 aliphatic carbocycles. The zero-order chi connectivity index (χ0) is 19.5. The van der Waals surface area contributed by atoms with Crippen molar-refractivity contribution >= 4 is 22.6 Å². The predicted molar refractivity (Wildman–Crippen MR) is 109 cm³/mol. The van der Waals surface area contributed by atoms with Gasteiger partial charge in [-0.3, -0.25) is 4.79 Å². The number of nitrogens with one attached hydrogen (secondary N) is 1. The first-order valence-electron chi connectivity index (χ1n) is 9.58. The van der Waals surface area contributed by atoms with Crippen molar-refractivity contribution in [1.29, 1.82) is 0 Å². The second kappa shape index (κ2) is 5.93. The number of benzene rings is 3. The molecule has 2 aliphatic rings. The molecule has 0 spiro atoms. The minimum Gasteiger partial charge on any atom is -0.467 e. The van der Waals surface area contributed by atoms with E-state index in [4.69, 9.17) is 4.74 Å². The van der Waals surface area contributed by atoms with Crippen LogP contribution in [0, 0.1) is 0 Å². The van der Waals surface area contributed by atoms with Crippen LogP contribution in [0.4, 0.5) is 0 Å². The van der Waals surface area contributed by atoms with E-state index < -0.39 is 5.54 Å². The van der Waals surface area contributed by atoms with Gasteiger partial charge in [-0.05, 0) is 57.0 Å². The van der Waals surface area contributed by atoms with Crippen molar-refractivity contribution in [2.45, 2.75) is 31.7 Å². The third kappa shape index (κ3) is 2.30. The van der Waals surface area contributed by atoms with Crippen molar-refractivity contribution < 1.29 is 14.3 Å². The van der Waals surface area contributed by atoms with Crippen LogP contribution in [0.2, 0.25) is 0 Å². The van der Waals surface area contributed by atoms with Crippen LogP contribution in [0.15, 0.2) is 48.5 Å². The normalized spacial score (nSPS) is 19.1. The molecule has 0 aliphatic heterocycles. The molecule has 0 aromatic heterocycles. The monoisotopic (exact) mass is 371 g/mol. The first-order chi connectivity index (χ1) is 13.5. The van der Waals surface area contributed by atoms with Crippen molar-refractivity contribution in [3.8, 4) is 22.3 Å². The molecular weight excluding hydrogens is 350 g/mol. The molecule has 4 heteroatoms. The largest absolute Gasteiger partial charge is 0.467 e. The van der Waals surface area contributed by atoms with E-state index in [0.29, 0.717) is 12.8 Å². The Balaban J connectivity index is 1.66. The summed E-state index contributed by atoms with van der Waals surface area (Å²) >= 11 is 0. The summed E-state index contributed by atoms with van der Waals surface area (Å²) in [5.74, 6) is -0.591. The van der Waals surface area contributed by atoms with Crippen LogP contribution in [-0.4, -0.2) is 24.5 Å². The number of methoxy groups -OCH3 is 1. The Hall–Kier alpha value is -3.14. The van der Waals surface area contributed by atoms with Crippen LogP contribution >= 0.6 is 0 Å². The number of hydrogen-bond donors (Lipinski definition) is 1. The number of esters is 1. The number of fused-ring (bicyclic) bond motifs is 4. The van der Waals surface area contributed by atoms with E-state index in [1.165, 1.54) is 52.6 Å². The fraction of sp³-hybridized carbons (Fsp3) is 0.250. The van der Waals surface area contributed by atoms with Gasteiger partial charge >= 0.3 is 5.97 Å². The van der Waals surface area contributed by atoms with Gasteiger partial charge in [0.15, 0.2) is 0 Å². The zero-order valence-corrected chi connectivity index (χ0v) is 16.0. The van der Waals surface area contributed by atoms with Gasteiger partial charge in [0.2, 0.25) is 5.91 Å². The molecule has 1 amide bonds.